The summed E-state index contributed by atoms with van der Waals surface area (Å²) in [5.41, 5.74) is 2.32. The first-order valence-corrected chi connectivity index (χ1v) is 15.2. The Hall–Kier alpha value is -2.11. The average Bonchev–Trinajstić information content (AvgIpc) is 3.23. The van der Waals surface area contributed by atoms with Gasteiger partial charge in [0.15, 0.2) is 0 Å². The van der Waals surface area contributed by atoms with Crippen LogP contribution >= 0.6 is 11.8 Å². The topological polar surface area (TPSA) is 73.4 Å². The largest absolute Gasteiger partial charge is 0.497 e. The maximum absolute atomic E-state index is 13.0. The van der Waals surface area contributed by atoms with Gasteiger partial charge in [-0.1, -0.05) is 17.8 Å². The molecule has 2 aromatic carbocycles. The molecular formula is C27H36N4O4S2. The predicted octanol–water partition coefficient (Wildman–Crippen LogP) is 2.93. The maximum atomic E-state index is 13.0. The molecule has 2 aromatic rings. The highest BCUT2D eigenvalue weighted by molar-refractivity contribution is 7.99. The highest BCUT2D eigenvalue weighted by Gasteiger charge is 2.32. The van der Waals surface area contributed by atoms with Crippen molar-refractivity contribution in [1.82, 2.24) is 19.0 Å². The number of carbonyl (C=O) groups excluding carboxylic acids is 1. The molecule has 0 spiro atoms. The number of piperazine rings is 1. The van der Waals surface area contributed by atoms with E-state index in [1.54, 1.807) is 39.0 Å². The van der Waals surface area contributed by atoms with E-state index in [4.69, 9.17) is 4.74 Å². The molecule has 0 N–H and O–H groups in total. The van der Waals surface area contributed by atoms with Crippen LogP contribution in [0.5, 0.6) is 5.75 Å². The van der Waals surface area contributed by atoms with Crippen LogP contribution in [0.25, 0.3) is 0 Å². The normalized spacial score (nSPS) is 21.1. The van der Waals surface area contributed by atoms with E-state index in [2.05, 4.69) is 21.9 Å². The molecule has 5 rings (SSSR count). The lowest BCUT2D eigenvalue weighted by Crippen LogP contribution is -2.49. The van der Waals surface area contributed by atoms with Crippen molar-refractivity contribution in [2.45, 2.75) is 40.0 Å². The molecule has 1 amide bonds. The van der Waals surface area contributed by atoms with Crippen LogP contribution in [0.3, 0.4) is 0 Å². The second-order valence-electron chi connectivity index (χ2n) is 10.1. The Balaban J connectivity index is 1.40. The maximum Gasteiger partial charge on any atom is 0.242 e. The lowest BCUT2D eigenvalue weighted by Gasteiger charge is -2.40. The Kier molecular flexibility index (Phi) is 7.83. The Morgan fingerprint density at radius 2 is 1.78 bits per heavy atom. The van der Waals surface area contributed by atoms with E-state index >= 15 is 0 Å². The van der Waals surface area contributed by atoms with Crippen LogP contribution in [0.1, 0.15) is 30.0 Å². The zero-order valence-corrected chi connectivity index (χ0v) is 23.5. The highest BCUT2D eigenvalue weighted by atomic mass is 32.2. The standard InChI is InChI=1S/C27H36N4O4S2/c1-28(2)37(33,34)22-8-9-25-23(19-22)24(17-20-6-7-21(35-3)18-26(20)36-25)30-14-11-29(12-15-30)13-16-31-10-4-5-27(31)32/h6-9,18-19,24H,4-5,10-17H2,1-3H3. The fourth-order valence-electron chi connectivity index (χ4n) is 5.44. The summed E-state index contributed by atoms with van der Waals surface area (Å²) in [4.78, 5) is 21.5. The van der Waals surface area contributed by atoms with Crippen LogP contribution in [0.4, 0.5) is 0 Å². The van der Waals surface area contributed by atoms with Gasteiger partial charge in [0.25, 0.3) is 0 Å². The fourth-order valence-corrected chi connectivity index (χ4v) is 7.52. The monoisotopic (exact) mass is 544 g/mol. The average molecular weight is 545 g/mol. The summed E-state index contributed by atoms with van der Waals surface area (Å²) < 4.78 is 32.7. The lowest BCUT2D eigenvalue weighted by molar-refractivity contribution is -0.127. The first kappa shape index (κ1) is 26.5. The molecule has 2 saturated heterocycles. The molecular weight excluding hydrogens is 508 g/mol. The molecule has 3 aliphatic rings. The molecule has 3 aliphatic heterocycles. The van der Waals surface area contributed by atoms with Crippen LogP contribution in [0.2, 0.25) is 0 Å². The van der Waals surface area contributed by atoms with Crippen molar-refractivity contribution < 1.29 is 17.9 Å². The number of likely N-dealkylation sites (tertiary alicyclic amines) is 1. The van der Waals surface area contributed by atoms with E-state index < -0.39 is 10.0 Å². The summed E-state index contributed by atoms with van der Waals surface area (Å²) in [7, 11) is 1.29. The van der Waals surface area contributed by atoms with Gasteiger partial charge in [-0.25, -0.2) is 12.7 Å². The third-order valence-corrected chi connectivity index (χ3v) is 10.7. The van der Waals surface area contributed by atoms with E-state index in [0.29, 0.717) is 11.3 Å². The van der Waals surface area contributed by atoms with Crippen molar-refractivity contribution in [2.24, 2.45) is 0 Å². The molecule has 0 saturated carbocycles. The smallest absolute Gasteiger partial charge is 0.242 e. The number of benzene rings is 2. The number of nitrogens with zero attached hydrogens (tertiary/aromatic N) is 4. The van der Waals surface area contributed by atoms with Crippen LogP contribution in [-0.2, 0) is 21.2 Å². The molecule has 2 fully saturated rings. The molecule has 0 bridgehead atoms. The van der Waals surface area contributed by atoms with E-state index in [0.717, 1.165) is 79.8 Å². The van der Waals surface area contributed by atoms with Gasteiger partial charge >= 0.3 is 0 Å². The number of fused-ring (bicyclic) bond motifs is 2. The van der Waals surface area contributed by atoms with Gasteiger partial charge in [-0.3, -0.25) is 14.6 Å². The minimum Gasteiger partial charge on any atom is -0.497 e. The van der Waals surface area contributed by atoms with Crippen molar-refractivity contribution in [3.05, 3.63) is 47.5 Å². The molecule has 10 heteroatoms. The number of sulfonamides is 1. The van der Waals surface area contributed by atoms with Gasteiger partial charge in [-0.2, -0.15) is 0 Å². The van der Waals surface area contributed by atoms with Crippen molar-refractivity contribution in [3.8, 4) is 5.75 Å². The van der Waals surface area contributed by atoms with Gasteiger partial charge in [0.05, 0.1) is 12.0 Å². The number of methoxy groups -OCH3 is 1. The lowest BCUT2D eigenvalue weighted by atomic mass is 9.96. The van der Waals surface area contributed by atoms with Crippen LogP contribution in [-0.4, -0.2) is 100 Å². The molecule has 1 unspecified atom stereocenters. The third-order valence-electron chi connectivity index (χ3n) is 7.73. The molecule has 0 aromatic heterocycles. The van der Waals surface area contributed by atoms with Crippen LogP contribution in [0.15, 0.2) is 51.1 Å². The van der Waals surface area contributed by atoms with E-state index in [1.165, 1.54) is 9.87 Å². The predicted molar refractivity (Wildman–Crippen MR) is 145 cm³/mol. The van der Waals surface area contributed by atoms with Gasteiger partial charge < -0.3 is 9.64 Å². The highest BCUT2D eigenvalue weighted by Crippen LogP contribution is 2.45. The molecule has 1 atom stereocenters. The van der Waals surface area contributed by atoms with Gasteiger partial charge in [-0.05, 0) is 54.3 Å². The second kappa shape index (κ2) is 10.9. The number of hydrogen-bond donors (Lipinski definition) is 0. The number of carbonyl (C=O) groups is 1. The van der Waals surface area contributed by atoms with Gasteiger partial charge in [0.2, 0.25) is 15.9 Å². The van der Waals surface area contributed by atoms with E-state index in [9.17, 15) is 13.2 Å². The molecule has 0 aliphatic carbocycles. The summed E-state index contributed by atoms with van der Waals surface area (Å²) in [5.74, 6) is 1.10. The summed E-state index contributed by atoms with van der Waals surface area (Å²) in [6, 6.07) is 11.9. The summed E-state index contributed by atoms with van der Waals surface area (Å²) >= 11 is 1.69. The fraction of sp³-hybridized carbons (Fsp3) is 0.519. The first-order valence-electron chi connectivity index (χ1n) is 12.9. The Bertz CT molecular complexity index is 1260. The zero-order chi connectivity index (χ0) is 26.2. The number of amides is 1. The van der Waals surface area contributed by atoms with Gasteiger partial charge in [0.1, 0.15) is 5.75 Å². The van der Waals surface area contributed by atoms with Crippen LogP contribution < -0.4 is 4.74 Å². The Labute approximate surface area is 224 Å². The van der Waals surface area contributed by atoms with Crippen molar-refractivity contribution in [3.63, 3.8) is 0 Å². The second-order valence-corrected chi connectivity index (χ2v) is 13.4. The van der Waals surface area contributed by atoms with Gasteiger partial charge in [0, 0.05) is 82.2 Å². The summed E-state index contributed by atoms with van der Waals surface area (Å²) in [5, 5.41) is 0. The molecule has 37 heavy (non-hydrogen) atoms. The minimum atomic E-state index is -3.54. The quantitative estimate of drug-likeness (QED) is 0.531. The van der Waals surface area contributed by atoms with Crippen molar-refractivity contribution in [1.29, 1.82) is 0 Å². The summed E-state index contributed by atoms with van der Waals surface area (Å²) in [6.07, 6.45) is 2.48. The first-order chi connectivity index (χ1) is 17.8. The van der Waals surface area contributed by atoms with Gasteiger partial charge in [-0.15, -0.1) is 0 Å². The Morgan fingerprint density at radius 1 is 1.00 bits per heavy atom. The van der Waals surface area contributed by atoms with Crippen LogP contribution in [0, 0.1) is 0 Å². The molecule has 8 nitrogen and oxygen atoms in total. The number of ether oxygens (including phenoxy) is 1. The number of rotatable bonds is 7. The molecule has 3 heterocycles. The third kappa shape index (κ3) is 5.54. The number of hydrogen-bond acceptors (Lipinski definition) is 7. The van der Waals surface area contributed by atoms with E-state index in [1.807, 2.05) is 23.1 Å². The zero-order valence-electron chi connectivity index (χ0n) is 21.9. The van der Waals surface area contributed by atoms with Crippen molar-refractivity contribution in [2.75, 3.05) is 67.0 Å². The van der Waals surface area contributed by atoms with Crippen molar-refractivity contribution >= 4 is 27.7 Å². The Morgan fingerprint density at radius 3 is 2.46 bits per heavy atom. The van der Waals surface area contributed by atoms with E-state index in [-0.39, 0.29) is 11.9 Å². The molecule has 0 radical (unpaired) electrons. The summed E-state index contributed by atoms with van der Waals surface area (Å²) in [6.45, 7) is 6.28. The minimum absolute atomic E-state index is 0.0803. The molecule has 200 valence electrons. The SMILES string of the molecule is COc1ccc2c(c1)Sc1ccc(S(=O)(=O)N(C)C)cc1C(N1CCN(CCN3CCCC3=O)CC1)C2.